The summed E-state index contributed by atoms with van der Waals surface area (Å²) < 4.78 is 1.66. The number of pyridine rings is 1. The Kier molecular flexibility index (Phi) is 3.38. The molecule has 2 heterocycles. The van der Waals surface area contributed by atoms with Crippen molar-refractivity contribution >= 4 is 11.5 Å². The van der Waals surface area contributed by atoms with Gasteiger partial charge in [-0.25, -0.2) is 9.97 Å². The van der Waals surface area contributed by atoms with E-state index < -0.39 is 0 Å². The van der Waals surface area contributed by atoms with Crippen molar-refractivity contribution in [1.82, 2.24) is 19.7 Å². The summed E-state index contributed by atoms with van der Waals surface area (Å²) in [5, 5.41) is 16.1. The monoisotopic (exact) mass is 243 g/mol. The van der Waals surface area contributed by atoms with E-state index in [1.807, 2.05) is 13.1 Å². The van der Waals surface area contributed by atoms with E-state index in [9.17, 15) is 0 Å². The fourth-order valence-corrected chi connectivity index (χ4v) is 1.46. The summed E-state index contributed by atoms with van der Waals surface area (Å²) in [4.78, 5) is 8.20. The number of anilines is 2. The molecule has 18 heavy (non-hydrogen) atoms. The molecule has 0 unspecified atom stereocenters. The Morgan fingerprint density at radius 3 is 3.00 bits per heavy atom. The molecule has 0 fully saturated rings. The third-order valence-electron chi connectivity index (χ3n) is 2.33. The van der Waals surface area contributed by atoms with E-state index in [1.165, 1.54) is 0 Å². The molecule has 2 aromatic rings. The van der Waals surface area contributed by atoms with Crippen LogP contribution in [0.15, 0.2) is 18.5 Å². The molecule has 0 saturated heterocycles. The Morgan fingerprint density at radius 2 is 2.33 bits per heavy atom. The number of nitrogen functional groups attached to an aromatic ring is 1. The van der Waals surface area contributed by atoms with Crippen LogP contribution in [0.2, 0.25) is 0 Å². The molecule has 92 valence electrons. The fourth-order valence-electron chi connectivity index (χ4n) is 1.46. The molecule has 0 amide bonds. The van der Waals surface area contributed by atoms with Crippen LogP contribution < -0.4 is 11.1 Å². The Labute approximate surface area is 104 Å². The molecule has 0 bridgehead atoms. The van der Waals surface area contributed by atoms with Gasteiger partial charge in [0.2, 0.25) is 0 Å². The molecule has 0 atom stereocenters. The summed E-state index contributed by atoms with van der Waals surface area (Å²) in [5.41, 5.74) is 6.20. The van der Waals surface area contributed by atoms with E-state index in [1.54, 1.807) is 23.1 Å². The number of aromatic nitrogens is 4. The van der Waals surface area contributed by atoms with Gasteiger partial charge in [-0.05, 0) is 12.1 Å². The van der Waals surface area contributed by atoms with Crippen molar-refractivity contribution in [2.45, 2.75) is 6.42 Å². The first-order valence-corrected chi connectivity index (χ1v) is 5.44. The molecule has 2 rings (SSSR count). The second kappa shape index (κ2) is 5.14. The van der Waals surface area contributed by atoms with Crippen LogP contribution in [0, 0.1) is 11.3 Å². The standard InChI is InChI=1S/C11H13N7/c1-18-7-15-11(17-18)4-5-14-10-3-2-8(13)9(6-12)16-10/h2-3,7H,4-5,13H2,1H3,(H,14,16). The molecule has 0 aliphatic rings. The molecule has 0 saturated carbocycles. The molecular formula is C11H13N7. The zero-order chi connectivity index (χ0) is 13.0. The van der Waals surface area contributed by atoms with Gasteiger partial charge in [-0.15, -0.1) is 0 Å². The van der Waals surface area contributed by atoms with Crippen molar-refractivity contribution in [3.8, 4) is 6.07 Å². The van der Waals surface area contributed by atoms with Gasteiger partial charge in [-0.2, -0.15) is 10.4 Å². The maximum atomic E-state index is 8.81. The minimum Gasteiger partial charge on any atom is -0.396 e. The van der Waals surface area contributed by atoms with Gasteiger partial charge in [0.05, 0.1) is 5.69 Å². The quantitative estimate of drug-likeness (QED) is 0.801. The third kappa shape index (κ3) is 2.74. The minimum atomic E-state index is 0.232. The summed E-state index contributed by atoms with van der Waals surface area (Å²) in [6, 6.07) is 5.34. The number of nitriles is 1. The highest BCUT2D eigenvalue weighted by Gasteiger charge is 2.02. The SMILES string of the molecule is Cn1cnc(CCNc2ccc(N)c(C#N)n2)n1. The van der Waals surface area contributed by atoms with Gasteiger partial charge < -0.3 is 11.1 Å². The van der Waals surface area contributed by atoms with Gasteiger partial charge in [0.25, 0.3) is 0 Å². The van der Waals surface area contributed by atoms with Crippen LogP contribution in [-0.2, 0) is 13.5 Å². The Balaban J connectivity index is 1.93. The molecule has 0 aromatic carbocycles. The minimum absolute atomic E-state index is 0.232. The molecule has 0 aliphatic heterocycles. The first kappa shape index (κ1) is 11.9. The molecule has 7 heteroatoms. The molecular weight excluding hydrogens is 230 g/mol. The number of hydrogen-bond acceptors (Lipinski definition) is 6. The third-order valence-corrected chi connectivity index (χ3v) is 2.33. The summed E-state index contributed by atoms with van der Waals surface area (Å²) >= 11 is 0. The second-order valence-electron chi connectivity index (χ2n) is 3.76. The highest BCUT2D eigenvalue weighted by Crippen LogP contribution is 2.11. The van der Waals surface area contributed by atoms with Crippen LogP contribution >= 0.6 is 0 Å². The number of nitrogens with two attached hydrogens (primary N) is 1. The summed E-state index contributed by atoms with van der Waals surface area (Å²) in [7, 11) is 1.82. The van der Waals surface area contributed by atoms with E-state index in [4.69, 9.17) is 11.0 Å². The molecule has 7 nitrogen and oxygen atoms in total. The zero-order valence-corrected chi connectivity index (χ0v) is 9.96. The van der Waals surface area contributed by atoms with Crippen LogP contribution in [0.3, 0.4) is 0 Å². The number of nitrogens with zero attached hydrogens (tertiary/aromatic N) is 5. The maximum absolute atomic E-state index is 8.81. The molecule has 0 aliphatic carbocycles. The summed E-state index contributed by atoms with van der Waals surface area (Å²) in [6.07, 6.45) is 2.35. The summed E-state index contributed by atoms with van der Waals surface area (Å²) in [6.45, 7) is 0.645. The van der Waals surface area contributed by atoms with Crippen molar-refractivity contribution in [1.29, 1.82) is 5.26 Å². The van der Waals surface area contributed by atoms with Crippen LogP contribution in [0.5, 0.6) is 0 Å². The Morgan fingerprint density at radius 1 is 1.50 bits per heavy atom. The van der Waals surface area contributed by atoms with Crippen LogP contribution in [-0.4, -0.2) is 26.3 Å². The number of aryl methyl sites for hydroxylation is 1. The first-order valence-electron chi connectivity index (χ1n) is 5.44. The van der Waals surface area contributed by atoms with Gasteiger partial charge in [0, 0.05) is 20.0 Å². The summed E-state index contributed by atoms with van der Waals surface area (Å²) in [5.74, 6) is 1.39. The predicted octanol–water partition coefficient (Wildman–Crippen LogP) is 0.319. The van der Waals surface area contributed by atoms with Crippen molar-refractivity contribution in [2.24, 2.45) is 7.05 Å². The maximum Gasteiger partial charge on any atom is 0.165 e. The molecule has 0 spiro atoms. The Hall–Kier alpha value is -2.62. The predicted molar refractivity (Wildman–Crippen MR) is 66.6 cm³/mol. The van der Waals surface area contributed by atoms with Crippen molar-refractivity contribution in [2.75, 3.05) is 17.6 Å². The van der Waals surface area contributed by atoms with Gasteiger partial charge in [0.1, 0.15) is 18.2 Å². The fraction of sp³-hybridized carbons (Fsp3) is 0.273. The van der Waals surface area contributed by atoms with Crippen molar-refractivity contribution < 1.29 is 0 Å². The number of hydrogen-bond donors (Lipinski definition) is 2. The lowest BCUT2D eigenvalue weighted by Gasteiger charge is -2.05. The van der Waals surface area contributed by atoms with E-state index in [0.717, 1.165) is 5.82 Å². The van der Waals surface area contributed by atoms with Gasteiger partial charge >= 0.3 is 0 Å². The van der Waals surface area contributed by atoms with Crippen molar-refractivity contribution in [3.05, 3.63) is 30.0 Å². The van der Waals surface area contributed by atoms with Crippen molar-refractivity contribution in [3.63, 3.8) is 0 Å². The second-order valence-corrected chi connectivity index (χ2v) is 3.76. The average molecular weight is 243 g/mol. The molecule has 3 N–H and O–H groups in total. The van der Waals surface area contributed by atoms with Crippen LogP contribution in [0.1, 0.15) is 11.5 Å². The molecule has 0 radical (unpaired) electrons. The lowest BCUT2D eigenvalue weighted by Crippen LogP contribution is -2.08. The molecule has 2 aromatic heterocycles. The van der Waals surface area contributed by atoms with E-state index in [-0.39, 0.29) is 5.69 Å². The topological polar surface area (TPSA) is 105 Å². The lowest BCUT2D eigenvalue weighted by atomic mass is 10.3. The van der Waals surface area contributed by atoms with E-state index in [2.05, 4.69) is 20.4 Å². The zero-order valence-electron chi connectivity index (χ0n) is 9.96. The normalized spacial score (nSPS) is 10.0. The first-order chi connectivity index (χ1) is 8.69. The lowest BCUT2D eigenvalue weighted by molar-refractivity contribution is 0.742. The highest BCUT2D eigenvalue weighted by molar-refractivity contribution is 5.54. The smallest absolute Gasteiger partial charge is 0.165 e. The van der Waals surface area contributed by atoms with Crippen LogP contribution in [0.25, 0.3) is 0 Å². The number of rotatable bonds is 4. The number of nitrogens with one attached hydrogen (secondary N) is 1. The van der Waals surface area contributed by atoms with Gasteiger partial charge in [-0.3, -0.25) is 4.68 Å². The van der Waals surface area contributed by atoms with Crippen LogP contribution in [0.4, 0.5) is 11.5 Å². The van der Waals surface area contributed by atoms with E-state index >= 15 is 0 Å². The van der Waals surface area contributed by atoms with Gasteiger partial charge in [0.15, 0.2) is 11.5 Å². The van der Waals surface area contributed by atoms with Gasteiger partial charge in [-0.1, -0.05) is 0 Å². The largest absolute Gasteiger partial charge is 0.396 e. The van der Waals surface area contributed by atoms with E-state index in [0.29, 0.717) is 24.5 Å². The highest BCUT2D eigenvalue weighted by atomic mass is 15.3. The Bertz CT molecular complexity index is 581. The average Bonchev–Trinajstić information content (AvgIpc) is 2.77.